The first kappa shape index (κ1) is 20.8. The third-order valence-corrected chi connectivity index (χ3v) is 4.85. The third kappa shape index (κ3) is 5.73. The van der Waals surface area contributed by atoms with E-state index in [2.05, 4.69) is 32.9 Å². The van der Waals surface area contributed by atoms with Crippen molar-refractivity contribution < 1.29 is 9.47 Å². The van der Waals surface area contributed by atoms with Crippen molar-refractivity contribution in [1.29, 1.82) is 0 Å². The highest BCUT2D eigenvalue weighted by Crippen LogP contribution is 2.32. The summed E-state index contributed by atoms with van der Waals surface area (Å²) in [6.45, 7) is 4.27. The molecule has 3 rings (SSSR count). The minimum absolute atomic E-state index is 0. The molecular formula is C18H25IN4O2S. The zero-order valence-corrected chi connectivity index (χ0v) is 18.2. The average Bonchev–Trinajstić information content (AvgIpc) is 2.97. The Morgan fingerprint density at radius 3 is 2.81 bits per heavy atom. The summed E-state index contributed by atoms with van der Waals surface area (Å²) in [6.07, 6.45) is 2.76. The number of rotatable bonds is 5. The number of nitrogens with zero attached hydrogens (tertiary/aromatic N) is 2. The van der Waals surface area contributed by atoms with E-state index in [4.69, 9.17) is 9.47 Å². The molecule has 26 heavy (non-hydrogen) atoms. The second kappa shape index (κ2) is 10.6. The number of halogens is 1. The second-order valence-electron chi connectivity index (χ2n) is 5.67. The van der Waals surface area contributed by atoms with Crippen LogP contribution in [0, 0.1) is 0 Å². The molecule has 0 radical (unpaired) electrons. The van der Waals surface area contributed by atoms with Crippen LogP contribution >= 0.6 is 35.3 Å². The van der Waals surface area contributed by atoms with Gasteiger partial charge in [0, 0.05) is 43.6 Å². The van der Waals surface area contributed by atoms with E-state index in [1.54, 1.807) is 18.4 Å². The summed E-state index contributed by atoms with van der Waals surface area (Å²) in [6, 6.07) is 5.84. The average molecular weight is 488 g/mol. The number of guanidine groups is 1. The fourth-order valence-corrected chi connectivity index (χ4v) is 3.27. The van der Waals surface area contributed by atoms with E-state index in [-0.39, 0.29) is 24.0 Å². The summed E-state index contributed by atoms with van der Waals surface area (Å²) in [7, 11) is 1.76. The lowest BCUT2D eigenvalue weighted by Crippen LogP contribution is -2.32. The molecule has 2 heterocycles. The largest absolute Gasteiger partial charge is 0.490 e. The Kier molecular flexibility index (Phi) is 8.43. The molecule has 0 atom stereocenters. The molecule has 8 heteroatoms. The fraction of sp³-hybridized carbons (Fsp3) is 0.444. The van der Waals surface area contributed by atoms with Gasteiger partial charge in [0.2, 0.25) is 0 Å². The number of fused-ring (bicyclic) bond motifs is 1. The number of nitrogens with one attached hydrogen (secondary N) is 2. The van der Waals surface area contributed by atoms with Gasteiger partial charge in [-0.25, -0.2) is 4.98 Å². The molecule has 0 unspecified atom stereocenters. The topological polar surface area (TPSA) is 67.8 Å². The molecule has 0 saturated heterocycles. The number of hydrogen-bond donors (Lipinski definition) is 2. The van der Waals surface area contributed by atoms with Crippen molar-refractivity contribution in [2.45, 2.75) is 26.2 Å². The maximum atomic E-state index is 5.72. The van der Waals surface area contributed by atoms with E-state index in [1.807, 2.05) is 18.2 Å². The van der Waals surface area contributed by atoms with Gasteiger partial charge in [-0.15, -0.1) is 35.3 Å². The molecular weight excluding hydrogens is 463 g/mol. The molecule has 6 nitrogen and oxygen atoms in total. The van der Waals surface area contributed by atoms with Crippen LogP contribution in [0.2, 0.25) is 0 Å². The maximum absolute atomic E-state index is 5.72. The van der Waals surface area contributed by atoms with Crippen LogP contribution in [0.5, 0.6) is 11.5 Å². The minimum Gasteiger partial charge on any atom is -0.490 e. The van der Waals surface area contributed by atoms with Gasteiger partial charge in [0.1, 0.15) is 0 Å². The van der Waals surface area contributed by atoms with E-state index in [0.29, 0.717) is 13.2 Å². The summed E-state index contributed by atoms with van der Waals surface area (Å²) in [4.78, 5) is 8.85. The lowest BCUT2D eigenvalue weighted by molar-refractivity contribution is 0.297. The highest BCUT2D eigenvalue weighted by atomic mass is 127. The molecule has 1 aromatic heterocycles. The van der Waals surface area contributed by atoms with Gasteiger partial charge in [0.25, 0.3) is 0 Å². The fourth-order valence-electron chi connectivity index (χ4n) is 2.49. The van der Waals surface area contributed by atoms with Crippen LogP contribution in [0.25, 0.3) is 0 Å². The molecule has 0 spiro atoms. The predicted molar refractivity (Wildman–Crippen MR) is 118 cm³/mol. The minimum atomic E-state index is 0. The lowest BCUT2D eigenvalue weighted by Gasteiger charge is -2.13. The van der Waals surface area contributed by atoms with Crippen LogP contribution in [-0.4, -0.2) is 37.7 Å². The highest BCUT2D eigenvalue weighted by molar-refractivity contribution is 14.0. The molecule has 0 aliphatic carbocycles. The van der Waals surface area contributed by atoms with Crippen LogP contribution in [0.15, 0.2) is 28.6 Å². The number of thiazole rings is 1. The summed E-state index contributed by atoms with van der Waals surface area (Å²) in [5, 5.41) is 9.92. The quantitative estimate of drug-likeness (QED) is 0.382. The smallest absolute Gasteiger partial charge is 0.195 e. The third-order valence-electron chi connectivity index (χ3n) is 3.81. The van der Waals surface area contributed by atoms with Gasteiger partial charge >= 0.3 is 0 Å². The van der Waals surface area contributed by atoms with Crippen LogP contribution < -0.4 is 20.1 Å². The van der Waals surface area contributed by atoms with Gasteiger partial charge in [-0.3, -0.25) is 4.99 Å². The van der Waals surface area contributed by atoms with Gasteiger partial charge in [-0.05, 0) is 18.6 Å². The molecule has 142 valence electrons. The maximum Gasteiger partial charge on any atom is 0.195 e. The first-order chi connectivity index (χ1) is 12.3. The van der Waals surface area contributed by atoms with Crippen LogP contribution in [0.4, 0.5) is 5.69 Å². The summed E-state index contributed by atoms with van der Waals surface area (Å²) in [5.74, 6) is 2.29. The van der Waals surface area contributed by atoms with Gasteiger partial charge in [-0.1, -0.05) is 6.92 Å². The van der Waals surface area contributed by atoms with Crippen molar-refractivity contribution in [1.82, 2.24) is 10.3 Å². The normalized spacial score (nSPS) is 13.5. The van der Waals surface area contributed by atoms with E-state index in [9.17, 15) is 0 Å². The Bertz CT molecular complexity index is 736. The number of anilines is 1. The van der Waals surface area contributed by atoms with Gasteiger partial charge in [0.05, 0.1) is 23.9 Å². The van der Waals surface area contributed by atoms with Gasteiger partial charge in [0.15, 0.2) is 17.5 Å². The summed E-state index contributed by atoms with van der Waals surface area (Å²) in [5.41, 5.74) is 2.04. The Morgan fingerprint density at radius 1 is 1.27 bits per heavy atom. The van der Waals surface area contributed by atoms with E-state index >= 15 is 0 Å². The molecule has 0 bridgehead atoms. The standard InChI is InChI=1S/C18H24N4O2S.HI/c1-3-17-21-14(12-25-17)7-8-20-18(19-2)22-13-5-6-15-16(11-13)24-10-4-9-23-15;/h5-6,11-12H,3-4,7-10H2,1-2H3,(H2,19,20,22);1H. The van der Waals surface area contributed by atoms with Crippen molar-refractivity contribution in [3.05, 3.63) is 34.3 Å². The van der Waals surface area contributed by atoms with Crippen LogP contribution in [0.1, 0.15) is 24.0 Å². The zero-order valence-electron chi connectivity index (χ0n) is 15.1. The molecule has 2 N–H and O–H groups in total. The SMILES string of the molecule is CCc1nc(CCNC(=NC)Nc2ccc3c(c2)OCCCO3)cs1.I. The number of aromatic nitrogens is 1. The van der Waals surface area contributed by atoms with Crippen molar-refractivity contribution >= 4 is 47.0 Å². The molecule has 0 saturated carbocycles. The molecule has 1 aliphatic rings. The molecule has 1 aliphatic heterocycles. The lowest BCUT2D eigenvalue weighted by atomic mass is 10.2. The second-order valence-corrected chi connectivity index (χ2v) is 6.61. The molecule has 1 aromatic carbocycles. The van der Waals surface area contributed by atoms with Crippen LogP contribution in [-0.2, 0) is 12.8 Å². The number of aryl methyl sites for hydroxylation is 1. The predicted octanol–water partition coefficient (Wildman–Crippen LogP) is 3.71. The Hall–Kier alpha value is -1.55. The highest BCUT2D eigenvalue weighted by Gasteiger charge is 2.11. The van der Waals surface area contributed by atoms with Gasteiger partial charge in [-0.2, -0.15) is 0 Å². The van der Waals surface area contributed by atoms with Crippen LogP contribution in [0.3, 0.4) is 0 Å². The first-order valence-corrected chi connectivity index (χ1v) is 9.47. The van der Waals surface area contributed by atoms with Crippen molar-refractivity contribution in [2.75, 3.05) is 32.1 Å². The molecule has 0 amide bonds. The first-order valence-electron chi connectivity index (χ1n) is 8.59. The van der Waals surface area contributed by atoms with Crippen molar-refractivity contribution in [2.24, 2.45) is 4.99 Å². The zero-order chi connectivity index (χ0) is 17.5. The Balaban J connectivity index is 0.00000243. The Morgan fingerprint density at radius 2 is 2.08 bits per heavy atom. The number of ether oxygens (including phenoxy) is 2. The van der Waals surface area contributed by atoms with E-state index in [0.717, 1.165) is 54.6 Å². The number of aliphatic imine (C=N–C) groups is 1. The monoisotopic (exact) mass is 488 g/mol. The summed E-state index contributed by atoms with van der Waals surface area (Å²) >= 11 is 1.72. The molecule has 0 fully saturated rings. The van der Waals surface area contributed by atoms with E-state index in [1.165, 1.54) is 5.01 Å². The van der Waals surface area contributed by atoms with E-state index < -0.39 is 0 Å². The van der Waals surface area contributed by atoms with Gasteiger partial charge < -0.3 is 20.1 Å². The van der Waals surface area contributed by atoms with Crippen molar-refractivity contribution in [3.8, 4) is 11.5 Å². The molecule has 2 aromatic rings. The van der Waals surface area contributed by atoms with Crippen molar-refractivity contribution in [3.63, 3.8) is 0 Å². The summed E-state index contributed by atoms with van der Waals surface area (Å²) < 4.78 is 11.4. The number of benzene rings is 1. The number of hydrogen-bond acceptors (Lipinski definition) is 5. The Labute approximate surface area is 175 Å².